The van der Waals surface area contributed by atoms with Crippen LogP contribution in [0.2, 0.25) is 0 Å². The van der Waals surface area contributed by atoms with E-state index < -0.39 is 0 Å². The lowest BCUT2D eigenvalue weighted by Gasteiger charge is -2.15. The van der Waals surface area contributed by atoms with Crippen LogP contribution >= 0.6 is 11.3 Å². The predicted octanol–water partition coefficient (Wildman–Crippen LogP) is 1.55. The summed E-state index contributed by atoms with van der Waals surface area (Å²) >= 11 is 1.63. The van der Waals surface area contributed by atoms with E-state index in [9.17, 15) is 4.79 Å². The van der Waals surface area contributed by atoms with Crippen molar-refractivity contribution >= 4 is 22.4 Å². The number of rotatable bonds is 3. The molecule has 1 unspecified atom stereocenters. The van der Waals surface area contributed by atoms with Gasteiger partial charge in [0.1, 0.15) is 0 Å². The van der Waals surface area contributed by atoms with E-state index in [-0.39, 0.29) is 11.9 Å². The Morgan fingerprint density at radius 2 is 2.21 bits per heavy atom. The maximum Gasteiger partial charge on any atom is 0.251 e. The van der Waals surface area contributed by atoms with Gasteiger partial charge in [-0.3, -0.25) is 9.78 Å². The summed E-state index contributed by atoms with van der Waals surface area (Å²) in [6.45, 7) is 1.76. The third kappa shape index (κ3) is 2.73. The Bertz CT molecular complexity index is 543. The first kappa shape index (κ1) is 12.1. The minimum Gasteiger partial charge on any atom is -0.347 e. The summed E-state index contributed by atoms with van der Waals surface area (Å²) in [5.74, 6) is -0.0339. The number of hydrogen-bond donors (Lipinski definition) is 1. The molecule has 98 valence electrons. The monoisotopic (exact) mass is 274 g/mol. The highest BCUT2D eigenvalue weighted by Crippen LogP contribution is 2.22. The molecule has 1 aliphatic heterocycles. The number of amides is 1. The smallest absolute Gasteiger partial charge is 0.251 e. The third-order valence-corrected chi connectivity index (χ3v) is 3.99. The summed E-state index contributed by atoms with van der Waals surface area (Å²) in [6.07, 6.45) is 6.02. The van der Waals surface area contributed by atoms with Crippen molar-refractivity contribution in [1.82, 2.24) is 15.3 Å². The number of hydrogen-bond acceptors (Lipinski definition) is 5. The summed E-state index contributed by atoms with van der Waals surface area (Å²) in [5, 5.41) is 6.05. The molecule has 1 fully saturated rings. The molecular weight excluding hydrogens is 260 g/mol. The average molecular weight is 274 g/mol. The molecule has 3 heterocycles. The third-order valence-electron chi connectivity index (χ3n) is 3.16. The number of carbonyl (C=O) groups is 1. The van der Waals surface area contributed by atoms with E-state index in [1.807, 2.05) is 11.6 Å². The van der Waals surface area contributed by atoms with Crippen LogP contribution in [0.1, 0.15) is 16.8 Å². The number of nitrogens with zero attached hydrogens (tertiary/aromatic N) is 3. The van der Waals surface area contributed by atoms with Crippen LogP contribution in [0.3, 0.4) is 0 Å². The molecule has 1 N–H and O–H groups in total. The summed E-state index contributed by atoms with van der Waals surface area (Å²) in [5.41, 5.74) is 0.655. The fourth-order valence-corrected chi connectivity index (χ4v) is 2.88. The van der Waals surface area contributed by atoms with E-state index in [4.69, 9.17) is 0 Å². The Kier molecular flexibility index (Phi) is 3.41. The molecule has 19 heavy (non-hydrogen) atoms. The van der Waals surface area contributed by atoms with Crippen LogP contribution < -0.4 is 10.2 Å². The number of anilines is 1. The average Bonchev–Trinajstić information content (AvgIpc) is 3.10. The summed E-state index contributed by atoms with van der Waals surface area (Å²) in [7, 11) is 0. The predicted molar refractivity (Wildman–Crippen MR) is 74.4 cm³/mol. The van der Waals surface area contributed by atoms with Crippen molar-refractivity contribution in [2.24, 2.45) is 0 Å². The lowest BCUT2D eigenvalue weighted by Crippen LogP contribution is -2.37. The van der Waals surface area contributed by atoms with Gasteiger partial charge in [-0.25, -0.2) is 4.98 Å². The second-order valence-electron chi connectivity index (χ2n) is 4.46. The topological polar surface area (TPSA) is 58.1 Å². The van der Waals surface area contributed by atoms with E-state index in [2.05, 4.69) is 20.2 Å². The molecular formula is C13H14N4OS. The molecule has 1 aliphatic rings. The Labute approximate surface area is 115 Å². The van der Waals surface area contributed by atoms with Gasteiger partial charge in [0.15, 0.2) is 5.13 Å². The normalized spacial score (nSPS) is 18.5. The highest BCUT2D eigenvalue weighted by atomic mass is 32.1. The fourth-order valence-electron chi connectivity index (χ4n) is 2.20. The van der Waals surface area contributed by atoms with Crippen molar-refractivity contribution in [3.63, 3.8) is 0 Å². The van der Waals surface area contributed by atoms with Crippen LogP contribution in [-0.4, -0.2) is 35.0 Å². The van der Waals surface area contributed by atoms with Crippen molar-refractivity contribution in [2.45, 2.75) is 12.5 Å². The van der Waals surface area contributed by atoms with Crippen LogP contribution in [0.4, 0.5) is 5.13 Å². The molecule has 6 heteroatoms. The molecule has 0 aliphatic carbocycles. The van der Waals surface area contributed by atoms with Crippen LogP contribution in [0.25, 0.3) is 0 Å². The van der Waals surface area contributed by atoms with E-state index in [0.717, 1.165) is 24.6 Å². The highest BCUT2D eigenvalue weighted by Gasteiger charge is 2.25. The standard InChI is InChI=1S/C13H14N4OS/c18-12(10-1-4-14-5-2-10)16-11-3-7-17(9-11)13-15-6-8-19-13/h1-2,4-6,8,11H,3,7,9H2,(H,16,18). The minimum atomic E-state index is -0.0339. The van der Waals surface area contributed by atoms with Crippen molar-refractivity contribution in [2.75, 3.05) is 18.0 Å². The molecule has 2 aromatic heterocycles. The molecule has 0 saturated carbocycles. The summed E-state index contributed by atoms with van der Waals surface area (Å²) < 4.78 is 0. The number of pyridine rings is 1. The van der Waals surface area contributed by atoms with Gasteiger partial charge in [0.2, 0.25) is 0 Å². The van der Waals surface area contributed by atoms with Crippen LogP contribution in [0.15, 0.2) is 36.1 Å². The fraction of sp³-hybridized carbons (Fsp3) is 0.308. The van der Waals surface area contributed by atoms with Crippen LogP contribution in [0, 0.1) is 0 Å². The Hall–Kier alpha value is -1.95. The number of aromatic nitrogens is 2. The number of thiazole rings is 1. The van der Waals surface area contributed by atoms with Gasteiger partial charge in [0.05, 0.1) is 0 Å². The quantitative estimate of drug-likeness (QED) is 0.922. The highest BCUT2D eigenvalue weighted by molar-refractivity contribution is 7.13. The second-order valence-corrected chi connectivity index (χ2v) is 5.33. The molecule has 0 bridgehead atoms. The molecule has 1 atom stereocenters. The first-order valence-electron chi connectivity index (χ1n) is 6.18. The van der Waals surface area contributed by atoms with Gasteiger partial charge in [0.25, 0.3) is 5.91 Å². The van der Waals surface area contributed by atoms with E-state index in [1.54, 1.807) is 35.9 Å². The van der Waals surface area contributed by atoms with Gasteiger partial charge in [0, 0.05) is 48.7 Å². The number of nitrogens with one attached hydrogen (secondary N) is 1. The maximum absolute atomic E-state index is 12.0. The molecule has 5 nitrogen and oxygen atoms in total. The van der Waals surface area contributed by atoms with Crippen LogP contribution in [0.5, 0.6) is 0 Å². The van der Waals surface area contributed by atoms with Crippen LogP contribution in [-0.2, 0) is 0 Å². The van der Waals surface area contributed by atoms with Gasteiger partial charge >= 0.3 is 0 Å². The number of carbonyl (C=O) groups excluding carboxylic acids is 1. The molecule has 1 amide bonds. The first-order chi connectivity index (χ1) is 9.33. The van der Waals surface area contributed by atoms with E-state index in [1.165, 1.54) is 0 Å². The minimum absolute atomic E-state index is 0.0339. The largest absolute Gasteiger partial charge is 0.347 e. The van der Waals surface area contributed by atoms with Gasteiger partial charge in [-0.1, -0.05) is 0 Å². The van der Waals surface area contributed by atoms with Crippen molar-refractivity contribution in [3.8, 4) is 0 Å². The molecule has 1 saturated heterocycles. The van der Waals surface area contributed by atoms with Gasteiger partial charge in [-0.05, 0) is 18.6 Å². The Morgan fingerprint density at radius 3 is 2.95 bits per heavy atom. The van der Waals surface area contributed by atoms with Gasteiger partial charge in [-0.15, -0.1) is 11.3 Å². The zero-order chi connectivity index (χ0) is 13.1. The maximum atomic E-state index is 12.0. The Balaban J connectivity index is 1.59. The lowest BCUT2D eigenvalue weighted by atomic mass is 10.2. The Morgan fingerprint density at radius 1 is 1.37 bits per heavy atom. The zero-order valence-electron chi connectivity index (χ0n) is 10.3. The zero-order valence-corrected chi connectivity index (χ0v) is 11.1. The van der Waals surface area contributed by atoms with E-state index >= 15 is 0 Å². The van der Waals surface area contributed by atoms with Gasteiger partial charge < -0.3 is 10.2 Å². The molecule has 0 radical (unpaired) electrons. The molecule has 2 aromatic rings. The lowest BCUT2D eigenvalue weighted by molar-refractivity contribution is 0.0940. The molecule has 3 rings (SSSR count). The van der Waals surface area contributed by atoms with E-state index in [0.29, 0.717) is 5.56 Å². The second kappa shape index (κ2) is 5.36. The van der Waals surface area contributed by atoms with Crippen molar-refractivity contribution in [1.29, 1.82) is 0 Å². The van der Waals surface area contributed by atoms with Gasteiger partial charge in [-0.2, -0.15) is 0 Å². The van der Waals surface area contributed by atoms with Crippen molar-refractivity contribution < 1.29 is 4.79 Å². The molecule has 0 aromatic carbocycles. The molecule has 0 spiro atoms. The first-order valence-corrected chi connectivity index (χ1v) is 7.06. The summed E-state index contributed by atoms with van der Waals surface area (Å²) in [6, 6.07) is 3.63. The van der Waals surface area contributed by atoms with Crippen molar-refractivity contribution in [3.05, 3.63) is 41.7 Å². The summed E-state index contributed by atoms with van der Waals surface area (Å²) in [4.78, 5) is 22.4. The SMILES string of the molecule is O=C(NC1CCN(c2nccs2)C1)c1ccncc1.